The second-order valence-electron chi connectivity index (χ2n) is 3.46. The number of benzene rings is 1. The molecule has 6 heteroatoms. The number of carbonyl (C=O) groups excluding carboxylic acids is 1. The summed E-state index contributed by atoms with van der Waals surface area (Å²) in [6, 6.07) is 1.54. The fourth-order valence-corrected chi connectivity index (χ4v) is 1.44. The van der Waals surface area contributed by atoms with Gasteiger partial charge in [-0.1, -0.05) is 0 Å². The van der Waals surface area contributed by atoms with Crippen LogP contribution >= 0.6 is 0 Å². The average molecular weight is 244 g/mol. The van der Waals surface area contributed by atoms with E-state index in [1.165, 1.54) is 4.90 Å². The van der Waals surface area contributed by atoms with Gasteiger partial charge >= 0.3 is 0 Å². The number of carbonyl (C=O) groups is 1. The molecule has 0 radical (unpaired) electrons. The first kappa shape index (κ1) is 13.4. The monoisotopic (exact) mass is 244 g/mol. The fourth-order valence-electron chi connectivity index (χ4n) is 1.44. The maximum absolute atomic E-state index is 13.0. The molecule has 0 atom stereocenters. The predicted molar refractivity (Wildman–Crippen MR) is 59.4 cm³/mol. The third kappa shape index (κ3) is 2.91. The van der Waals surface area contributed by atoms with Crippen molar-refractivity contribution in [2.24, 2.45) is 0 Å². The van der Waals surface area contributed by atoms with Gasteiger partial charge in [0.25, 0.3) is 5.91 Å². The summed E-state index contributed by atoms with van der Waals surface area (Å²) in [6.07, 6.45) is 0. The lowest BCUT2D eigenvalue weighted by Gasteiger charge is -2.20. The summed E-state index contributed by atoms with van der Waals surface area (Å²) in [4.78, 5) is 13.2. The quantitative estimate of drug-likeness (QED) is 0.776. The van der Waals surface area contributed by atoms with E-state index in [0.717, 1.165) is 12.1 Å². The lowest BCUT2D eigenvalue weighted by molar-refractivity contribution is 0.0732. The third-order valence-corrected chi connectivity index (χ3v) is 2.36. The van der Waals surface area contributed by atoms with Crippen LogP contribution in [0, 0.1) is 11.6 Å². The molecule has 4 nitrogen and oxygen atoms in total. The molecule has 0 bridgehead atoms. The molecular formula is C11H14F2N2O2. The van der Waals surface area contributed by atoms with Crippen molar-refractivity contribution in [2.45, 2.75) is 6.92 Å². The van der Waals surface area contributed by atoms with E-state index in [1.54, 1.807) is 6.92 Å². The standard InChI is InChI=1S/C11H14F2N2O2/c1-2-15(3-4-16)11(17)7-5-8(12)9(13)6-10(7)14/h5-6,16H,2-4,14H2,1H3. The smallest absolute Gasteiger partial charge is 0.256 e. The number of halogens is 2. The Morgan fingerprint density at radius 2 is 2.00 bits per heavy atom. The Morgan fingerprint density at radius 1 is 1.41 bits per heavy atom. The third-order valence-electron chi connectivity index (χ3n) is 2.36. The zero-order chi connectivity index (χ0) is 13.0. The average Bonchev–Trinajstić information content (AvgIpc) is 2.30. The number of aliphatic hydroxyl groups excluding tert-OH is 1. The maximum Gasteiger partial charge on any atom is 0.256 e. The van der Waals surface area contributed by atoms with Gasteiger partial charge in [-0.15, -0.1) is 0 Å². The SMILES string of the molecule is CCN(CCO)C(=O)c1cc(F)c(F)cc1N. The second kappa shape index (κ2) is 5.58. The molecule has 0 spiro atoms. The van der Waals surface area contributed by atoms with E-state index < -0.39 is 17.5 Å². The van der Waals surface area contributed by atoms with Gasteiger partial charge in [-0.05, 0) is 13.0 Å². The summed E-state index contributed by atoms with van der Waals surface area (Å²) in [6.45, 7) is 1.97. The molecule has 1 amide bonds. The van der Waals surface area contributed by atoms with E-state index >= 15 is 0 Å². The van der Waals surface area contributed by atoms with E-state index in [1.807, 2.05) is 0 Å². The Labute approximate surface area is 97.6 Å². The number of nitrogens with zero attached hydrogens (tertiary/aromatic N) is 1. The van der Waals surface area contributed by atoms with E-state index in [-0.39, 0.29) is 24.4 Å². The Balaban J connectivity index is 3.07. The molecule has 0 aliphatic carbocycles. The molecule has 3 N–H and O–H groups in total. The van der Waals surface area contributed by atoms with Crippen molar-refractivity contribution in [1.82, 2.24) is 4.90 Å². The topological polar surface area (TPSA) is 66.6 Å². The summed E-state index contributed by atoms with van der Waals surface area (Å²) in [5.74, 6) is -2.75. The number of hydrogen-bond acceptors (Lipinski definition) is 3. The summed E-state index contributed by atoms with van der Waals surface area (Å²) in [7, 11) is 0. The molecule has 1 rings (SSSR count). The fraction of sp³-hybridized carbons (Fsp3) is 0.364. The number of hydrogen-bond donors (Lipinski definition) is 2. The molecule has 0 saturated carbocycles. The maximum atomic E-state index is 13.0. The summed E-state index contributed by atoms with van der Waals surface area (Å²) in [5.41, 5.74) is 5.25. The van der Waals surface area contributed by atoms with Gasteiger partial charge in [0, 0.05) is 24.8 Å². The minimum absolute atomic E-state index is 0.0980. The summed E-state index contributed by atoms with van der Waals surface area (Å²) in [5, 5.41) is 8.77. The van der Waals surface area contributed by atoms with Gasteiger partial charge < -0.3 is 15.7 Å². The minimum atomic E-state index is -1.12. The highest BCUT2D eigenvalue weighted by Crippen LogP contribution is 2.18. The van der Waals surface area contributed by atoms with E-state index in [4.69, 9.17) is 10.8 Å². The van der Waals surface area contributed by atoms with Crippen molar-refractivity contribution in [2.75, 3.05) is 25.4 Å². The summed E-state index contributed by atoms with van der Waals surface area (Å²) >= 11 is 0. The van der Waals surface area contributed by atoms with Crippen LogP contribution in [0.25, 0.3) is 0 Å². The van der Waals surface area contributed by atoms with Crippen molar-refractivity contribution < 1.29 is 18.7 Å². The molecule has 0 fully saturated rings. The number of anilines is 1. The van der Waals surface area contributed by atoms with Crippen LogP contribution in [0.15, 0.2) is 12.1 Å². The van der Waals surface area contributed by atoms with Crippen molar-refractivity contribution >= 4 is 11.6 Å². The van der Waals surface area contributed by atoms with E-state index in [9.17, 15) is 13.6 Å². The molecule has 94 valence electrons. The van der Waals surface area contributed by atoms with Gasteiger partial charge in [-0.2, -0.15) is 0 Å². The Bertz CT molecular complexity index is 424. The number of aliphatic hydroxyl groups is 1. The second-order valence-corrected chi connectivity index (χ2v) is 3.46. The van der Waals surface area contributed by atoms with Gasteiger partial charge in [-0.25, -0.2) is 8.78 Å². The zero-order valence-corrected chi connectivity index (χ0v) is 9.41. The predicted octanol–water partition coefficient (Wildman–Crippen LogP) is 1.00. The van der Waals surface area contributed by atoms with E-state index in [2.05, 4.69) is 0 Å². The molecule has 0 aliphatic heterocycles. The van der Waals surface area contributed by atoms with Gasteiger partial charge in [0.2, 0.25) is 0 Å². The van der Waals surface area contributed by atoms with Crippen molar-refractivity contribution in [3.8, 4) is 0 Å². The van der Waals surface area contributed by atoms with Crippen LogP contribution in [-0.4, -0.2) is 35.6 Å². The van der Waals surface area contributed by atoms with Crippen LogP contribution in [0.4, 0.5) is 14.5 Å². The van der Waals surface area contributed by atoms with Crippen LogP contribution in [0.3, 0.4) is 0 Å². The molecular weight excluding hydrogens is 230 g/mol. The number of amides is 1. The highest BCUT2D eigenvalue weighted by molar-refractivity contribution is 5.99. The van der Waals surface area contributed by atoms with Crippen LogP contribution < -0.4 is 5.73 Å². The lowest BCUT2D eigenvalue weighted by atomic mass is 10.1. The van der Waals surface area contributed by atoms with E-state index in [0.29, 0.717) is 6.54 Å². The number of nitrogens with two attached hydrogens (primary N) is 1. The first-order valence-electron chi connectivity index (χ1n) is 5.15. The highest BCUT2D eigenvalue weighted by Gasteiger charge is 2.18. The first-order valence-corrected chi connectivity index (χ1v) is 5.15. The molecule has 0 aromatic heterocycles. The Kier molecular flexibility index (Phi) is 4.39. The molecule has 1 aromatic rings. The van der Waals surface area contributed by atoms with Crippen LogP contribution in [-0.2, 0) is 0 Å². The number of rotatable bonds is 4. The normalized spacial score (nSPS) is 10.4. The number of likely N-dealkylation sites (N-methyl/N-ethyl adjacent to an activating group) is 1. The van der Waals surface area contributed by atoms with Gasteiger partial charge in [0.15, 0.2) is 11.6 Å². The number of nitrogen functional groups attached to an aromatic ring is 1. The minimum Gasteiger partial charge on any atom is -0.398 e. The van der Waals surface area contributed by atoms with Crippen molar-refractivity contribution in [3.63, 3.8) is 0 Å². The molecule has 0 heterocycles. The first-order chi connectivity index (χ1) is 8.01. The van der Waals surface area contributed by atoms with Crippen molar-refractivity contribution in [1.29, 1.82) is 0 Å². The van der Waals surface area contributed by atoms with Crippen molar-refractivity contribution in [3.05, 3.63) is 29.3 Å². The Morgan fingerprint density at radius 3 is 2.53 bits per heavy atom. The van der Waals surface area contributed by atoms with Crippen LogP contribution in [0.2, 0.25) is 0 Å². The molecule has 0 unspecified atom stereocenters. The largest absolute Gasteiger partial charge is 0.398 e. The lowest BCUT2D eigenvalue weighted by Crippen LogP contribution is -2.33. The zero-order valence-electron chi connectivity index (χ0n) is 9.41. The molecule has 1 aromatic carbocycles. The van der Waals surface area contributed by atoms with Crippen LogP contribution in [0.1, 0.15) is 17.3 Å². The highest BCUT2D eigenvalue weighted by atomic mass is 19.2. The van der Waals surface area contributed by atoms with Gasteiger partial charge in [0.1, 0.15) is 0 Å². The summed E-state index contributed by atoms with van der Waals surface area (Å²) < 4.78 is 25.9. The molecule has 17 heavy (non-hydrogen) atoms. The molecule has 0 saturated heterocycles. The Hall–Kier alpha value is -1.69. The molecule has 0 aliphatic rings. The van der Waals surface area contributed by atoms with Crippen LogP contribution in [0.5, 0.6) is 0 Å². The van der Waals surface area contributed by atoms with Gasteiger partial charge in [-0.3, -0.25) is 4.79 Å². The van der Waals surface area contributed by atoms with Gasteiger partial charge in [0.05, 0.1) is 12.2 Å².